The topological polar surface area (TPSA) is 8.17 Å². The van der Waals surface area contributed by atoms with Crippen LogP contribution in [-0.2, 0) is 5.41 Å². The quantitative estimate of drug-likeness (QED) is 0.148. The van der Waals surface area contributed by atoms with Crippen molar-refractivity contribution in [1.82, 2.24) is 4.57 Å². The van der Waals surface area contributed by atoms with Gasteiger partial charge in [-0.25, -0.2) is 0 Å². The van der Waals surface area contributed by atoms with Gasteiger partial charge in [0.25, 0.3) is 0 Å². The molecule has 2 heteroatoms. The lowest BCUT2D eigenvalue weighted by Crippen LogP contribution is -2.21. The third-order valence-corrected chi connectivity index (χ3v) is 13.6. The molecule has 0 spiro atoms. The number of hydrogen-bond donors (Lipinski definition) is 0. The van der Waals surface area contributed by atoms with Crippen molar-refractivity contribution in [3.63, 3.8) is 0 Å². The van der Waals surface area contributed by atoms with Crippen LogP contribution in [0.1, 0.15) is 25.0 Å². The second-order valence-electron chi connectivity index (χ2n) is 17.6. The number of fused-ring (bicyclic) bond motifs is 6. The largest absolute Gasteiger partial charge is 0.309 e. The van der Waals surface area contributed by atoms with Crippen molar-refractivity contribution in [3.05, 3.63) is 254 Å². The molecule has 11 aromatic rings. The normalized spacial score (nSPS) is 12.6. The van der Waals surface area contributed by atoms with Gasteiger partial charge in [0.05, 0.1) is 22.4 Å². The standard InChI is InChI=1S/C63H46N2/c1-63(2)55-37-16-14-31-51(55)53-36-21-41-59(62(53)63)65(57-39-19-34-49(44-24-8-4-9-25-44)60(57)52-32-13-12-30-48(52)43-22-6-3-7-23-43)47-29-18-26-45(42-47)50-35-20-40-58-61(50)54-33-15-17-38-56(54)64(58)46-27-10-5-11-28-46/h3-42H,1-2H3. The number of benzene rings is 10. The number of anilines is 3. The van der Waals surface area contributed by atoms with Crippen LogP contribution < -0.4 is 4.90 Å². The first-order chi connectivity index (χ1) is 32.1. The van der Waals surface area contributed by atoms with Crippen LogP contribution in [-0.4, -0.2) is 4.57 Å². The highest BCUT2D eigenvalue weighted by atomic mass is 15.1. The number of aromatic nitrogens is 1. The average Bonchev–Trinajstić information content (AvgIpc) is 3.84. The fraction of sp³-hybridized carbons (Fsp3) is 0.0476. The molecule has 0 radical (unpaired) electrons. The van der Waals surface area contributed by atoms with Crippen molar-refractivity contribution in [3.8, 4) is 61.3 Å². The summed E-state index contributed by atoms with van der Waals surface area (Å²) < 4.78 is 2.41. The number of rotatable bonds is 8. The molecule has 10 aromatic carbocycles. The van der Waals surface area contributed by atoms with Crippen molar-refractivity contribution >= 4 is 38.9 Å². The van der Waals surface area contributed by atoms with Gasteiger partial charge in [0.15, 0.2) is 0 Å². The fourth-order valence-corrected chi connectivity index (χ4v) is 10.8. The van der Waals surface area contributed by atoms with Gasteiger partial charge < -0.3 is 9.47 Å². The molecular formula is C63H46N2. The maximum absolute atomic E-state index is 2.56. The van der Waals surface area contributed by atoms with E-state index < -0.39 is 0 Å². The van der Waals surface area contributed by atoms with E-state index in [0.29, 0.717) is 0 Å². The highest BCUT2D eigenvalue weighted by molar-refractivity contribution is 6.16. The lowest BCUT2D eigenvalue weighted by Gasteiger charge is -2.34. The highest BCUT2D eigenvalue weighted by Gasteiger charge is 2.39. The van der Waals surface area contributed by atoms with E-state index in [1.54, 1.807) is 0 Å². The first kappa shape index (κ1) is 38.5. The Hall–Kier alpha value is -8.20. The molecule has 0 bridgehead atoms. The smallest absolute Gasteiger partial charge is 0.0547 e. The predicted molar refractivity (Wildman–Crippen MR) is 275 cm³/mol. The van der Waals surface area contributed by atoms with Crippen LogP contribution in [0.2, 0.25) is 0 Å². The molecule has 1 aliphatic carbocycles. The van der Waals surface area contributed by atoms with Crippen molar-refractivity contribution < 1.29 is 0 Å². The Morgan fingerprint density at radius 3 is 1.66 bits per heavy atom. The maximum Gasteiger partial charge on any atom is 0.0547 e. The van der Waals surface area contributed by atoms with E-state index in [4.69, 9.17) is 0 Å². The van der Waals surface area contributed by atoms with E-state index in [1.807, 2.05) is 0 Å². The van der Waals surface area contributed by atoms with Crippen LogP contribution in [0.15, 0.2) is 243 Å². The SMILES string of the molecule is CC1(C)c2ccccc2-c2cccc(N(c3cccc(-c4cccc5c4c4ccccc4n5-c4ccccc4)c3)c3cccc(-c4ccccc4)c3-c3ccccc3-c3ccccc3)c21. The predicted octanol–water partition coefficient (Wildman–Crippen LogP) is 17.2. The summed E-state index contributed by atoms with van der Waals surface area (Å²) in [6, 6.07) is 89.0. The molecule has 0 saturated carbocycles. The molecule has 0 N–H and O–H groups in total. The van der Waals surface area contributed by atoms with Crippen LogP contribution in [0, 0.1) is 0 Å². The van der Waals surface area contributed by atoms with Crippen LogP contribution in [0.5, 0.6) is 0 Å². The zero-order valence-corrected chi connectivity index (χ0v) is 36.5. The van der Waals surface area contributed by atoms with Crippen LogP contribution in [0.4, 0.5) is 17.1 Å². The fourth-order valence-electron chi connectivity index (χ4n) is 10.8. The Labute approximate surface area is 381 Å². The lowest BCUT2D eigenvalue weighted by molar-refractivity contribution is 0.661. The van der Waals surface area contributed by atoms with Gasteiger partial charge in [0.1, 0.15) is 0 Å². The molecular weight excluding hydrogens is 785 g/mol. The highest BCUT2D eigenvalue weighted by Crippen LogP contribution is 2.56. The van der Waals surface area contributed by atoms with Gasteiger partial charge in [0.2, 0.25) is 0 Å². The van der Waals surface area contributed by atoms with E-state index in [9.17, 15) is 0 Å². The van der Waals surface area contributed by atoms with Crippen molar-refractivity contribution in [2.75, 3.05) is 4.90 Å². The minimum absolute atomic E-state index is 0.262. The molecule has 308 valence electrons. The third-order valence-electron chi connectivity index (χ3n) is 13.6. The first-order valence-electron chi connectivity index (χ1n) is 22.6. The van der Waals surface area contributed by atoms with Gasteiger partial charge in [-0.2, -0.15) is 0 Å². The maximum atomic E-state index is 2.56. The first-order valence-corrected chi connectivity index (χ1v) is 22.6. The lowest BCUT2D eigenvalue weighted by atomic mass is 9.81. The summed E-state index contributed by atoms with van der Waals surface area (Å²) >= 11 is 0. The summed E-state index contributed by atoms with van der Waals surface area (Å²) in [6.45, 7) is 4.79. The van der Waals surface area contributed by atoms with E-state index in [-0.39, 0.29) is 5.41 Å². The van der Waals surface area contributed by atoms with E-state index in [2.05, 4.69) is 266 Å². The summed E-state index contributed by atoms with van der Waals surface area (Å²) in [4.78, 5) is 2.56. The minimum Gasteiger partial charge on any atom is -0.309 e. The molecule has 2 nitrogen and oxygen atoms in total. The molecule has 0 unspecified atom stereocenters. The minimum atomic E-state index is -0.262. The molecule has 0 fully saturated rings. The Morgan fingerprint density at radius 1 is 0.369 bits per heavy atom. The molecule has 1 aromatic heterocycles. The number of hydrogen-bond acceptors (Lipinski definition) is 1. The molecule has 65 heavy (non-hydrogen) atoms. The molecule has 0 amide bonds. The van der Waals surface area contributed by atoms with Crippen molar-refractivity contribution in [1.29, 1.82) is 0 Å². The summed E-state index contributed by atoms with van der Waals surface area (Å²) in [5.41, 5.74) is 21.4. The molecule has 0 atom stereocenters. The van der Waals surface area contributed by atoms with Gasteiger partial charge in [-0.1, -0.05) is 208 Å². The van der Waals surface area contributed by atoms with Gasteiger partial charge in [-0.3, -0.25) is 0 Å². The molecule has 1 aliphatic rings. The molecule has 1 heterocycles. The Bertz CT molecular complexity index is 3560. The number of nitrogens with zero attached hydrogens (tertiary/aromatic N) is 2. The summed E-state index contributed by atoms with van der Waals surface area (Å²) in [5, 5.41) is 2.48. The van der Waals surface area contributed by atoms with Gasteiger partial charge in [-0.15, -0.1) is 0 Å². The summed E-state index contributed by atoms with van der Waals surface area (Å²) in [7, 11) is 0. The van der Waals surface area contributed by atoms with Gasteiger partial charge >= 0.3 is 0 Å². The Morgan fingerprint density at radius 2 is 0.892 bits per heavy atom. The van der Waals surface area contributed by atoms with E-state index in [0.717, 1.165) is 22.6 Å². The third kappa shape index (κ3) is 6.25. The second kappa shape index (κ2) is 15.6. The number of para-hydroxylation sites is 2. The molecule has 0 saturated heterocycles. The Balaban J connectivity index is 1.16. The van der Waals surface area contributed by atoms with Crippen molar-refractivity contribution in [2.45, 2.75) is 19.3 Å². The molecule has 0 aliphatic heterocycles. The zero-order valence-electron chi connectivity index (χ0n) is 36.5. The second-order valence-corrected chi connectivity index (χ2v) is 17.6. The van der Waals surface area contributed by atoms with Crippen LogP contribution >= 0.6 is 0 Å². The van der Waals surface area contributed by atoms with E-state index >= 15 is 0 Å². The van der Waals surface area contributed by atoms with Crippen molar-refractivity contribution in [2.24, 2.45) is 0 Å². The summed E-state index contributed by atoms with van der Waals surface area (Å²) in [6.07, 6.45) is 0. The van der Waals surface area contributed by atoms with Gasteiger partial charge in [0, 0.05) is 33.1 Å². The Kier molecular flexibility index (Phi) is 9.21. The van der Waals surface area contributed by atoms with Crippen LogP contribution in [0.25, 0.3) is 83.1 Å². The summed E-state index contributed by atoms with van der Waals surface area (Å²) in [5.74, 6) is 0. The van der Waals surface area contributed by atoms with Crippen LogP contribution in [0.3, 0.4) is 0 Å². The van der Waals surface area contributed by atoms with E-state index in [1.165, 1.54) is 88.7 Å². The zero-order chi connectivity index (χ0) is 43.5. The van der Waals surface area contributed by atoms with Gasteiger partial charge in [-0.05, 0) is 110 Å². The molecule has 12 rings (SSSR count). The monoisotopic (exact) mass is 830 g/mol. The average molecular weight is 831 g/mol.